The van der Waals surface area contributed by atoms with Crippen molar-refractivity contribution in [1.29, 1.82) is 0 Å². The molecule has 0 fully saturated rings. The summed E-state index contributed by atoms with van der Waals surface area (Å²) in [7, 11) is 0. The highest BCUT2D eigenvalue weighted by Crippen LogP contribution is 2.32. The van der Waals surface area contributed by atoms with Crippen LogP contribution in [0.2, 0.25) is 0 Å². The Morgan fingerprint density at radius 3 is 2.59 bits per heavy atom. The number of benzene rings is 3. The van der Waals surface area contributed by atoms with E-state index in [1.54, 1.807) is 25.1 Å². The fraction of sp³-hybridized carbons (Fsp3) is 0.200. The van der Waals surface area contributed by atoms with Crippen molar-refractivity contribution in [2.75, 3.05) is 5.32 Å². The van der Waals surface area contributed by atoms with E-state index in [1.165, 1.54) is 35.2 Å². The number of carbonyl (C=O) groups is 2. The van der Waals surface area contributed by atoms with Gasteiger partial charge in [-0.3, -0.25) is 9.59 Å². The highest BCUT2D eigenvalue weighted by Gasteiger charge is 2.32. The van der Waals surface area contributed by atoms with Crippen molar-refractivity contribution < 1.29 is 31.9 Å². The molecule has 1 unspecified atom stereocenters. The maximum Gasteiger partial charge on any atom is 0.416 e. The molecule has 0 saturated heterocycles. The van der Waals surface area contributed by atoms with Gasteiger partial charge >= 0.3 is 6.18 Å². The van der Waals surface area contributed by atoms with Gasteiger partial charge in [0, 0.05) is 29.9 Å². The zero-order chi connectivity index (χ0) is 24.5. The summed E-state index contributed by atoms with van der Waals surface area (Å²) in [6, 6.07) is 14.9. The normalized spacial score (nSPS) is 15.9. The SMILES string of the molecule is CC1Oc2ccc(NC(=O)c3cccc(F)c3)cc2CN(Cc2cccc(C(F)(F)F)c2)C1=O. The van der Waals surface area contributed by atoms with Gasteiger partial charge in [0.05, 0.1) is 5.56 Å². The molecule has 9 heteroatoms. The van der Waals surface area contributed by atoms with Gasteiger partial charge in [-0.1, -0.05) is 18.2 Å². The van der Waals surface area contributed by atoms with Crippen molar-refractivity contribution in [3.05, 3.63) is 94.8 Å². The van der Waals surface area contributed by atoms with Gasteiger partial charge in [0.1, 0.15) is 11.6 Å². The molecule has 34 heavy (non-hydrogen) atoms. The molecule has 0 radical (unpaired) electrons. The van der Waals surface area contributed by atoms with Gasteiger partial charge in [-0.25, -0.2) is 4.39 Å². The number of fused-ring (bicyclic) bond motifs is 1. The number of rotatable bonds is 4. The Morgan fingerprint density at radius 1 is 1.09 bits per heavy atom. The summed E-state index contributed by atoms with van der Waals surface area (Å²) < 4.78 is 58.4. The van der Waals surface area contributed by atoms with Gasteiger partial charge in [-0.15, -0.1) is 0 Å². The van der Waals surface area contributed by atoms with Crippen LogP contribution < -0.4 is 10.1 Å². The Labute approximate surface area is 193 Å². The molecule has 4 rings (SSSR count). The fourth-order valence-corrected chi connectivity index (χ4v) is 3.71. The van der Waals surface area contributed by atoms with Crippen LogP contribution in [0.5, 0.6) is 5.75 Å². The van der Waals surface area contributed by atoms with Crippen LogP contribution in [0.1, 0.15) is 34.0 Å². The van der Waals surface area contributed by atoms with Gasteiger partial charge in [-0.05, 0) is 61.0 Å². The van der Waals surface area contributed by atoms with Crippen molar-refractivity contribution in [3.8, 4) is 5.75 Å². The Hall–Kier alpha value is -3.88. The number of ether oxygens (including phenoxy) is 1. The Balaban J connectivity index is 1.57. The molecular weight excluding hydrogens is 452 g/mol. The van der Waals surface area contributed by atoms with E-state index in [0.29, 0.717) is 22.6 Å². The van der Waals surface area contributed by atoms with Crippen molar-refractivity contribution in [3.63, 3.8) is 0 Å². The first-order valence-corrected chi connectivity index (χ1v) is 10.4. The highest BCUT2D eigenvalue weighted by atomic mass is 19.4. The lowest BCUT2D eigenvalue weighted by Crippen LogP contribution is -2.37. The number of nitrogens with zero attached hydrogens (tertiary/aromatic N) is 1. The van der Waals surface area contributed by atoms with E-state index in [4.69, 9.17) is 4.74 Å². The molecular formula is C25H20F4N2O3. The third-order valence-electron chi connectivity index (χ3n) is 5.36. The topological polar surface area (TPSA) is 58.6 Å². The maximum atomic E-state index is 13.4. The third kappa shape index (κ3) is 5.19. The summed E-state index contributed by atoms with van der Waals surface area (Å²) in [4.78, 5) is 26.7. The number of halogens is 4. The van der Waals surface area contributed by atoms with Gasteiger partial charge in [0.2, 0.25) is 0 Å². The molecule has 176 valence electrons. The fourth-order valence-electron chi connectivity index (χ4n) is 3.71. The smallest absolute Gasteiger partial charge is 0.416 e. The van der Waals surface area contributed by atoms with Crippen LogP contribution in [0, 0.1) is 5.82 Å². The van der Waals surface area contributed by atoms with Crippen LogP contribution in [0.3, 0.4) is 0 Å². The molecule has 1 N–H and O–H groups in total. The van der Waals surface area contributed by atoms with E-state index < -0.39 is 29.6 Å². The molecule has 0 aliphatic carbocycles. The minimum absolute atomic E-state index is 0.0459. The first kappa shape index (κ1) is 23.3. The summed E-state index contributed by atoms with van der Waals surface area (Å²) in [5, 5.41) is 2.68. The van der Waals surface area contributed by atoms with Crippen LogP contribution in [-0.4, -0.2) is 22.8 Å². The predicted octanol–water partition coefficient (Wildman–Crippen LogP) is 5.41. The largest absolute Gasteiger partial charge is 0.481 e. The van der Waals surface area contributed by atoms with Gasteiger partial charge in [0.25, 0.3) is 11.8 Å². The number of anilines is 1. The van der Waals surface area contributed by atoms with E-state index in [1.807, 2.05) is 0 Å². The molecule has 3 aromatic rings. The molecule has 1 aliphatic heterocycles. The molecule has 3 aromatic carbocycles. The second-order valence-electron chi connectivity index (χ2n) is 7.94. The van der Waals surface area contributed by atoms with Crippen molar-refractivity contribution in [1.82, 2.24) is 4.90 Å². The van der Waals surface area contributed by atoms with Crippen molar-refractivity contribution in [2.45, 2.75) is 32.3 Å². The molecule has 0 aromatic heterocycles. The van der Waals surface area contributed by atoms with E-state index in [9.17, 15) is 27.2 Å². The minimum Gasteiger partial charge on any atom is -0.481 e. The molecule has 5 nitrogen and oxygen atoms in total. The summed E-state index contributed by atoms with van der Waals surface area (Å²) in [5.41, 5.74) is 0.647. The quantitative estimate of drug-likeness (QED) is 0.517. The first-order chi connectivity index (χ1) is 16.1. The van der Waals surface area contributed by atoms with Crippen LogP contribution in [-0.2, 0) is 24.1 Å². The summed E-state index contributed by atoms with van der Waals surface area (Å²) in [5.74, 6) is -1.00. The van der Waals surface area contributed by atoms with E-state index >= 15 is 0 Å². The number of alkyl halides is 3. The highest BCUT2D eigenvalue weighted by molar-refractivity contribution is 6.04. The molecule has 0 spiro atoms. The Bertz CT molecular complexity index is 1240. The van der Waals surface area contributed by atoms with Crippen LogP contribution in [0.25, 0.3) is 0 Å². The molecule has 1 atom stereocenters. The molecule has 0 bridgehead atoms. The summed E-state index contributed by atoms with van der Waals surface area (Å²) in [6.45, 7) is 1.59. The molecule has 0 saturated carbocycles. The number of carbonyl (C=O) groups excluding carboxylic acids is 2. The first-order valence-electron chi connectivity index (χ1n) is 10.4. The standard InChI is InChI=1S/C25H20F4N2O3/c1-15-24(33)31(13-16-4-2-6-19(10-16)25(27,28)29)14-18-12-21(8-9-22(18)34-15)30-23(32)17-5-3-7-20(26)11-17/h2-12,15H,13-14H2,1H3,(H,30,32). The number of hydrogen-bond donors (Lipinski definition) is 1. The number of nitrogens with one attached hydrogen (secondary N) is 1. The summed E-state index contributed by atoms with van der Waals surface area (Å²) in [6.07, 6.45) is -5.34. The van der Waals surface area contributed by atoms with Crippen LogP contribution in [0.15, 0.2) is 66.7 Å². The Kier molecular flexibility index (Phi) is 6.28. The van der Waals surface area contributed by atoms with E-state index in [-0.39, 0.29) is 24.6 Å². The number of amides is 2. The van der Waals surface area contributed by atoms with E-state index in [2.05, 4.69) is 5.32 Å². The number of hydrogen-bond acceptors (Lipinski definition) is 3. The maximum absolute atomic E-state index is 13.4. The van der Waals surface area contributed by atoms with Gasteiger partial charge in [-0.2, -0.15) is 13.2 Å². The van der Waals surface area contributed by atoms with Gasteiger partial charge in [0.15, 0.2) is 6.10 Å². The van der Waals surface area contributed by atoms with Crippen LogP contribution >= 0.6 is 0 Å². The molecule has 1 aliphatic rings. The third-order valence-corrected chi connectivity index (χ3v) is 5.36. The van der Waals surface area contributed by atoms with Crippen LogP contribution in [0.4, 0.5) is 23.2 Å². The minimum atomic E-state index is -4.49. The lowest BCUT2D eigenvalue weighted by Gasteiger charge is -2.22. The molecule has 2 amide bonds. The van der Waals surface area contributed by atoms with Gasteiger partial charge < -0.3 is 15.0 Å². The zero-order valence-electron chi connectivity index (χ0n) is 18.0. The second kappa shape index (κ2) is 9.17. The van der Waals surface area contributed by atoms with E-state index in [0.717, 1.165) is 18.2 Å². The molecule has 1 heterocycles. The monoisotopic (exact) mass is 472 g/mol. The van der Waals surface area contributed by atoms with Crippen molar-refractivity contribution in [2.24, 2.45) is 0 Å². The lowest BCUT2D eigenvalue weighted by atomic mass is 10.1. The average Bonchev–Trinajstić information content (AvgIpc) is 2.90. The van der Waals surface area contributed by atoms with Crippen molar-refractivity contribution >= 4 is 17.5 Å². The second-order valence-corrected chi connectivity index (χ2v) is 7.94. The summed E-state index contributed by atoms with van der Waals surface area (Å²) >= 11 is 0. The Morgan fingerprint density at radius 2 is 1.85 bits per heavy atom. The predicted molar refractivity (Wildman–Crippen MR) is 117 cm³/mol. The lowest BCUT2D eigenvalue weighted by molar-refractivity contribution is -0.138. The average molecular weight is 472 g/mol. The zero-order valence-corrected chi connectivity index (χ0v) is 18.0.